The smallest absolute Gasteiger partial charge is 0.365 e. The van der Waals surface area contributed by atoms with Crippen LogP contribution in [0.5, 0.6) is 0 Å². The molecule has 9 nitrogen and oxygen atoms in total. The summed E-state index contributed by atoms with van der Waals surface area (Å²) in [5, 5.41) is 11.9. The average molecular weight is 452 g/mol. The maximum Gasteiger partial charge on any atom is 0.365 e. The molecule has 0 unspecified atom stereocenters. The van der Waals surface area contributed by atoms with Crippen molar-refractivity contribution in [2.24, 2.45) is 0 Å². The first-order valence-electron chi connectivity index (χ1n) is 9.98. The summed E-state index contributed by atoms with van der Waals surface area (Å²) in [5.41, 5.74) is -0.394. The first-order chi connectivity index (χ1) is 13.9. The minimum atomic E-state index is -3.91. The molecule has 0 aromatic carbocycles. The van der Waals surface area contributed by atoms with Crippen molar-refractivity contribution in [3.8, 4) is 0 Å². The minimum absolute atomic E-state index is 0.0995. The Morgan fingerprint density at radius 3 is 1.93 bits per heavy atom. The highest BCUT2D eigenvalue weighted by atomic mass is 31.2. The molecule has 1 heterocycles. The molecule has 0 saturated heterocycles. The topological polar surface area (TPSA) is 116 Å². The van der Waals surface area contributed by atoms with E-state index in [1.165, 1.54) is 0 Å². The molecule has 11 heteroatoms. The largest absolute Gasteiger partial charge is 0.396 e. The first-order valence-corrected chi connectivity index (χ1v) is 13.2. The Labute approximate surface area is 173 Å². The summed E-state index contributed by atoms with van der Waals surface area (Å²) in [6.07, 6.45) is 3.86. The van der Waals surface area contributed by atoms with E-state index in [0.717, 1.165) is 18.4 Å². The van der Waals surface area contributed by atoms with Gasteiger partial charge in [0.25, 0.3) is 0 Å². The van der Waals surface area contributed by atoms with E-state index >= 15 is 0 Å². The van der Waals surface area contributed by atoms with Crippen molar-refractivity contribution in [2.75, 3.05) is 38.4 Å². The molecule has 0 atom stereocenters. The molecular formula is C18H34N2O7P2. The number of aryl methyl sites for hydroxylation is 1. The van der Waals surface area contributed by atoms with E-state index in [1.807, 2.05) is 6.07 Å². The van der Waals surface area contributed by atoms with Crippen LogP contribution in [0.4, 0.5) is 5.82 Å². The number of rotatable bonds is 16. The Morgan fingerprint density at radius 2 is 1.48 bits per heavy atom. The highest BCUT2D eigenvalue weighted by Crippen LogP contribution is 2.70. The van der Waals surface area contributed by atoms with Crippen molar-refractivity contribution in [3.63, 3.8) is 0 Å². The molecule has 0 spiro atoms. The number of pyridine rings is 1. The zero-order chi connectivity index (χ0) is 21.8. The van der Waals surface area contributed by atoms with Crippen LogP contribution < -0.4 is 5.32 Å². The fraction of sp³-hybridized carbons (Fsp3) is 0.722. The summed E-state index contributed by atoms with van der Waals surface area (Å²) in [7, 11) is -7.83. The van der Waals surface area contributed by atoms with Crippen LogP contribution in [0, 0.1) is 0 Å². The molecule has 1 rings (SSSR count). The van der Waals surface area contributed by atoms with Gasteiger partial charge in [0.05, 0.1) is 26.4 Å². The third kappa shape index (κ3) is 8.10. The van der Waals surface area contributed by atoms with Gasteiger partial charge < -0.3 is 28.5 Å². The lowest BCUT2D eigenvalue weighted by molar-refractivity contribution is 0.198. The first kappa shape index (κ1) is 26.2. The molecule has 0 aliphatic rings. The molecule has 0 amide bonds. The number of hydrogen-bond acceptors (Lipinski definition) is 9. The van der Waals surface area contributed by atoms with E-state index in [0.29, 0.717) is 12.2 Å². The summed E-state index contributed by atoms with van der Waals surface area (Å²) >= 11 is 0. The van der Waals surface area contributed by atoms with Gasteiger partial charge in [-0.1, -0.05) is 0 Å². The normalized spacial score (nSPS) is 12.5. The lowest BCUT2D eigenvalue weighted by atomic mass is 10.1. The molecule has 0 aliphatic heterocycles. The number of unbranched alkanes of at least 4 members (excludes halogenated alkanes) is 1. The third-order valence-corrected chi connectivity index (χ3v) is 9.44. The minimum Gasteiger partial charge on any atom is -0.396 e. The van der Waals surface area contributed by atoms with Gasteiger partial charge in [0.15, 0.2) is 0 Å². The van der Waals surface area contributed by atoms with Gasteiger partial charge in [-0.15, -0.1) is 0 Å². The number of aliphatic hydroxyl groups excluding tert-OH is 1. The maximum absolute atomic E-state index is 13.5. The fourth-order valence-electron chi connectivity index (χ4n) is 2.69. The molecule has 2 N–H and O–H groups in total. The second-order valence-corrected chi connectivity index (χ2v) is 10.6. The standard InChI is InChI=1S/C18H34N2O7P2/c1-5-24-28(22,25-6-2)18(29(23,26-7-3)27-8-4)20-17-15-16(12-13-19-17)11-9-10-14-21/h12-13,15,18,21H,5-11,14H2,1-4H3,(H,19,20). The molecule has 168 valence electrons. The van der Waals surface area contributed by atoms with Gasteiger partial charge in [0, 0.05) is 12.8 Å². The van der Waals surface area contributed by atoms with Crippen molar-refractivity contribution >= 4 is 21.0 Å². The SMILES string of the molecule is CCOP(=O)(OCC)C(Nc1cc(CCCCO)ccn1)P(=O)(OCC)OCC. The van der Waals surface area contributed by atoms with E-state index in [4.69, 9.17) is 23.2 Å². The summed E-state index contributed by atoms with van der Waals surface area (Å²) in [6, 6.07) is 3.63. The van der Waals surface area contributed by atoms with E-state index < -0.39 is 20.7 Å². The molecule has 1 aromatic heterocycles. The highest BCUT2D eigenvalue weighted by molar-refractivity contribution is 7.72. The van der Waals surface area contributed by atoms with Crippen molar-refractivity contribution in [2.45, 2.75) is 52.5 Å². The zero-order valence-electron chi connectivity index (χ0n) is 17.7. The molecule has 0 radical (unpaired) electrons. The van der Waals surface area contributed by atoms with Crippen LogP contribution in [0.15, 0.2) is 18.3 Å². The Balaban J connectivity index is 3.28. The van der Waals surface area contributed by atoms with Gasteiger partial charge >= 0.3 is 15.2 Å². The van der Waals surface area contributed by atoms with Gasteiger partial charge in [0.2, 0.25) is 5.52 Å². The molecular weight excluding hydrogens is 418 g/mol. The molecule has 0 saturated carbocycles. The summed E-state index contributed by atoms with van der Waals surface area (Å²) in [6.45, 7) is 7.24. The Kier molecular flexibility index (Phi) is 12.2. The van der Waals surface area contributed by atoms with Crippen LogP contribution in [0.3, 0.4) is 0 Å². The number of nitrogens with zero attached hydrogens (tertiary/aromatic N) is 1. The van der Waals surface area contributed by atoms with Crippen molar-refractivity contribution in [3.05, 3.63) is 23.9 Å². The van der Waals surface area contributed by atoms with Crippen LogP contribution in [-0.4, -0.2) is 48.6 Å². The second kappa shape index (κ2) is 13.5. The molecule has 1 aromatic rings. The van der Waals surface area contributed by atoms with Crippen molar-refractivity contribution in [1.82, 2.24) is 4.98 Å². The Bertz CT molecular complexity index is 640. The van der Waals surface area contributed by atoms with Gasteiger partial charge in [0.1, 0.15) is 5.82 Å². The highest BCUT2D eigenvalue weighted by Gasteiger charge is 2.51. The van der Waals surface area contributed by atoms with E-state index in [9.17, 15) is 9.13 Å². The number of nitrogens with one attached hydrogen (secondary N) is 1. The van der Waals surface area contributed by atoms with E-state index in [2.05, 4.69) is 10.3 Å². The van der Waals surface area contributed by atoms with Gasteiger partial charge in [-0.3, -0.25) is 9.13 Å². The van der Waals surface area contributed by atoms with Gasteiger partial charge in [-0.25, -0.2) is 4.98 Å². The molecule has 0 aliphatic carbocycles. The third-order valence-electron chi connectivity index (χ3n) is 3.81. The van der Waals surface area contributed by atoms with Crippen LogP contribution in [0.1, 0.15) is 46.1 Å². The van der Waals surface area contributed by atoms with Crippen molar-refractivity contribution < 1.29 is 32.3 Å². The van der Waals surface area contributed by atoms with Crippen LogP contribution in [0.25, 0.3) is 0 Å². The van der Waals surface area contributed by atoms with Gasteiger partial charge in [-0.2, -0.15) is 0 Å². The fourth-order valence-corrected chi connectivity index (χ4v) is 7.61. The number of aromatic nitrogens is 1. The van der Waals surface area contributed by atoms with Crippen LogP contribution in [-0.2, 0) is 33.6 Å². The van der Waals surface area contributed by atoms with E-state index in [-0.39, 0.29) is 33.0 Å². The number of hydrogen-bond donors (Lipinski definition) is 2. The van der Waals surface area contributed by atoms with Crippen molar-refractivity contribution in [1.29, 1.82) is 0 Å². The maximum atomic E-state index is 13.5. The van der Waals surface area contributed by atoms with Crippen LogP contribution >= 0.6 is 15.2 Å². The number of anilines is 1. The quantitative estimate of drug-likeness (QED) is 0.274. The van der Waals surface area contributed by atoms with E-state index in [1.54, 1.807) is 40.0 Å². The Morgan fingerprint density at radius 1 is 0.966 bits per heavy atom. The summed E-state index contributed by atoms with van der Waals surface area (Å²) < 4.78 is 48.8. The lowest BCUT2D eigenvalue weighted by Crippen LogP contribution is -2.26. The molecule has 0 bridgehead atoms. The summed E-state index contributed by atoms with van der Waals surface area (Å²) in [5.74, 6) is 0.357. The summed E-state index contributed by atoms with van der Waals surface area (Å²) in [4.78, 5) is 4.25. The molecule has 0 fully saturated rings. The Hall–Kier alpha value is -0.790. The average Bonchev–Trinajstić information content (AvgIpc) is 2.67. The molecule has 29 heavy (non-hydrogen) atoms. The lowest BCUT2D eigenvalue weighted by Gasteiger charge is -2.32. The van der Waals surface area contributed by atoms with Gasteiger partial charge in [-0.05, 0) is 64.7 Å². The predicted molar refractivity (Wildman–Crippen MR) is 113 cm³/mol. The zero-order valence-corrected chi connectivity index (χ0v) is 19.5. The second-order valence-electron chi connectivity index (χ2n) is 6.00. The monoisotopic (exact) mass is 452 g/mol. The van der Waals surface area contributed by atoms with Crippen LogP contribution in [0.2, 0.25) is 0 Å². The number of aliphatic hydroxyl groups is 1. The predicted octanol–water partition coefficient (Wildman–Crippen LogP) is 4.62.